The zero-order valence-electron chi connectivity index (χ0n) is 19.9. The van der Waals surface area contributed by atoms with E-state index in [9.17, 15) is 0 Å². The highest BCUT2D eigenvalue weighted by molar-refractivity contribution is 7.18. The lowest BCUT2D eigenvalue weighted by Crippen LogP contribution is -2.12. The van der Waals surface area contributed by atoms with Gasteiger partial charge in [-0.2, -0.15) is 0 Å². The molecule has 0 unspecified atom stereocenters. The van der Waals surface area contributed by atoms with Gasteiger partial charge in [0.1, 0.15) is 11.2 Å². The van der Waals surface area contributed by atoms with Crippen LogP contribution in [0, 0.1) is 5.92 Å². The molecule has 2 aromatic carbocycles. The second kappa shape index (κ2) is 8.35. The van der Waals surface area contributed by atoms with Gasteiger partial charge in [-0.25, -0.2) is 15.0 Å². The molecule has 0 spiro atoms. The van der Waals surface area contributed by atoms with E-state index in [-0.39, 0.29) is 5.41 Å². The normalized spacial score (nSPS) is 12.2. The third-order valence-corrected chi connectivity index (χ3v) is 7.04. The number of hydrogen-bond donors (Lipinski definition) is 0. The van der Waals surface area contributed by atoms with E-state index in [2.05, 4.69) is 99.2 Å². The van der Waals surface area contributed by atoms with E-state index >= 15 is 0 Å². The summed E-state index contributed by atoms with van der Waals surface area (Å²) in [6, 6.07) is 19.7. The van der Waals surface area contributed by atoms with Gasteiger partial charge in [-0.3, -0.25) is 0 Å². The topological polar surface area (TPSA) is 38.7 Å². The van der Waals surface area contributed by atoms with Crippen molar-refractivity contribution in [3.05, 3.63) is 77.6 Å². The van der Waals surface area contributed by atoms with Crippen molar-refractivity contribution in [3.63, 3.8) is 0 Å². The standard InChI is InChI=1S/C29H29N3S/c1-18(2)10-23-13-21-12-22(16-30-28(21)33-23)27-15-26(31-17-32-27)20-11-19-8-6-7-9-24(19)25(14-20)29(3,4)5/h6-9,11-18H,10H2,1-5H3. The monoisotopic (exact) mass is 451 g/mol. The van der Waals surface area contributed by atoms with Gasteiger partial charge in [0.15, 0.2) is 0 Å². The van der Waals surface area contributed by atoms with Crippen molar-refractivity contribution in [1.29, 1.82) is 0 Å². The summed E-state index contributed by atoms with van der Waals surface area (Å²) >= 11 is 1.79. The molecule has 3 heterocycles. The van der Waals surface area contributed by atoms with Crippen molar-refractivity contribution in [3.8, 4) is 22.5 Å². The smallest absolute Gasteiger partial charge is 0.123 e. The Morgan fingerprint density at radius 1 is 0.818 bits per heavy atom. The molecule has 0 aliphatic rings. The molecule has 0 N–H and O–H groups in total. The van der Waals surface area contributed by atoms with Gasteiger partial charge in [-0.05, 0) is 64.4 Å². The first kappa shape index (κ1) is 21.7. The van der Waals surface area contributed by atoms with Gasteiger partial charge in [0, 0.05) is 27.6 Å². The van der Waals surface area contributed by atoms with E-state index in [1.807, 2.05) is 6.20 Å². The number of hydrogen-bond acceptors (Lipinski definition) is 4. The number of thiophene rings is 1. The van der Waals surface area contributed by atoms with Crippen LogP contribution in [0.15, 0.2) is 67.1 Å². The predicted octanol–water partition coefficient (Wildman–Crippen LogP) is 8.07. The Morgan fingerprint density at radius 2 is 1.55 bits per heavy atom. The molecule has 0 atom stereocenters. The minimum absolute atomic E-state index is 0.0348. The molecule has 0 aliphatic heterocycles. The third kappa shape index (κ3) is 4.40. The molecule has 33 heavy (non-hydrogen) atoms. The molecule has 0 fully saturated rings. The van der Waals surface area contributed by atoms with Gasteiger partial charge < -0.3 is 0 Å². The van der Waals surface area contributed by atoms with Crippen LogP contribution in [0.3, 0.4) is 0 Å². The van der Waals surface area contributed by atoms with Gasteiger partial charge in [0.05, 0.1) is 11.4 Å². The number of nitrogens with zero attached hydrogens (tertiary/aromatic N) is 3. The summed E-state index contributed by atoms with van der Waals surface area (Å²) < 4.78 is 0. The molecule has 166 valence electrons. The van der Waals surface area contributed by atoms with Gasteiger partial charge in [0.25, 0.3) is 0 Å². The van der Waals surface area contributed by atoms with Crippen LogP contribution in [0.2, 0.25) is 0 Å². The van der Waals surface area contributed by atoms with Crippen LogP contribution in [0.1, 0.15) is 45.1 Å². The minimum atomic E-state index is 0.0348. The van der Waals surface area contributed by atoms with E-state index in [1.54, 1.807) is 17.7 Å². The maximum Gasteiger partial charge on any atom is 0.123 e. The number of rotatable bonds is 4. The molecule has 5 rings (SSSR count). The fourth-order valence-electron chi connectivity index (χ4n) is 4.38. The lowest BCUT2D eigenvalue weighted by Gasteiger charge is -2.22. The summed E-state index contributed by atoms with van der Waals surface area (Å²) in [5, 5.41) is 3.72. The number of benzene rings is 2. The summed E-state index contributed by atoms with van der Waals surface area (Å²) in [5.74, 6) is 0.641. The predicted molar refractivity (Wildman–Crippen MR) is 141 cm³/mol. The van der Waals surface area contributed by atoms with Crippen LogP contribution >= 0.6 is 11.3 Å². The molecule has 3 nitrogen and oxygen atoms in total. The second-order valence-electron chi connectivity index (χ2n) is 10.2. The summed E-state index contributed by atoms with van der Waals surface area (Å²) in [6.45, 7) is 11.3. The average Bonchev–Trinajstić information content (AvgIpc) is 3.18. The SMILES string of the molecule is CC(C)Cc1cc2cc(-c3cc(-c4cc(C(C)(C)C)c5ccccc5c4)ncn3)cnc2s1. The summed E-state index contributed by atoms with van der Waals surface area (Å²) in [7, 11) is 0. The Hall–Kier alpha value is -3.11. The molecular weight excluding hydrogens is 422 g/mol. The van der Waals surface area contributed by atoms with Crippen LogP contribution in [-0.2, 0) is 11.8 Å². The van der Waals surface area contributed by atoms with E-state index in [0.717, 1.165) is 33.8 Å². The molecule has 5 aromatic rings. The first-order valence-corrected chi connectivity index (χ1v) is 12.3. The van der Waals surface area contributed by atoms with Crippen molar-refractivity contribution in [2.24, 2.45) is 5.92 Å². The Labute approximate surface area is 199 Å². The van der Waals surface area contributed by atoms with Crippen LogP contribution in [-0.4, -0.2) is 15.0 Å². The van der Waals surface area contributed by atoms with Crippen molar-refractivity contribution < 1.29 is 0 Å². The molecule has 0 saturated heterocycles. The number of aromatic nitrogens is 3. The minimum Gasteiger partial charge on any atom is -0.245 e. The molecule has 0 radical (unpaired) electrons. The fraction of sp³-hybridized carbons (Fsp3) is 0.276. The molecule has 0 saturated carbocycles. The highest BCUT2D eigenvalue weighted by atomic mass is 32.1. The Balaban J connectivity index is 1.58. The van der Waals surface area contributed by atoms with Crippen LogP contribution < -0.4 is 0 Å². The van der Waals surface area contributed by atoms with E-state index in [1.165, 1.54) is 26.6 Å². The lowest BCUT2D eigenvalue weighted by molar-refractivity contribution is 0.596. The van der Waals surface area contributed by atoms with Crippen molar-refractivity contribution in [1.82, 2.24) is 15.0 Å². The van der Waals surface area contributed by atoms with Gasteiger partial charge in [-0.1, -0.05) is 58.9 Å². The van der Waals surface area contributed by atoms with E-state index in [0.29, 0.717) is 5.92 Å². The second-order valence-corrected chi connectivity index (χ2v) is 11.3. The summed E-state index contributed by atoms with van der Waals surface area (Å²) in [5.41, 5.74) is 5.34. The molecule has 0 aliphatic carbocycles. The molecule has 3 aromatic heterocycles. The molecule has 4 heteroatoms. The Morgan fingerprint density at radius 3 is 2.30 bits per heavy atom. The van der Waals surface area contributed by atoms with Crippen molar-refractivity contribution in [2.45, 2.75) is 46.5 Å². The van der Waals surface area contributed by atoms with Crippen LogP contribution in [0.4, 0.5) is 0 Å². The number of fused-ring (bicyclic) bond motifs is 2. The first-order chi connectivity index (χ1) is 15.8. The molecular formula is C29H29N3S. The zero-order valence-corrected chi connectivity index (χ0v) is 20.7. The first-order valence-electron chi connectivity index (χ1n) is 11.5. The number of pyridine rings is 1. The Kier molecular flexibility index (Phi) is 5.49. The van der Waals surface area contributed by atoms with Gasteiger partial charge in [-0.15, -0.1) is 11.3 Å². The van der Waals surface area contributed by atoms with Gasteiger partial charge in [0.2, 0.25) is 0 Å². The van der Waals surface area contributed by atoms with E-state index < -0.39 is 0 Å². The highest BCUT2D eigenvalue weighted by Gasteiger charge is 2.19. The van der Waals surface area contributed by atoms with E-state index in [4.69, 9.17) is 4.98 Å². The van der Waals surface area contributed by atoms with Crippen LogP contribution in [0.5, 0.6) is 0 Å². The largest absolute Gasteiger partial charge is 0.245 e. The third-order valence-electron chi connectivity index (χ3n) is 5.96. The summed E-state index contributed by atoms with van der Waals surface area (Å²) in [4.78, 5) is 16.4. The van der Waals surface area contributed by atoms with Crippen molar-refractivity contribution in [2.75, 3.05) is 0 Å². The van der Waals surface area contributed by atoms with Crippen LogP contribution in [0.25, 0.3) is 43.5 Å². The summed E-state index contributed by atoms with van der Waals surface area (Å²) in [6.07, 6.45) is 4.69. The Bertz CT molecular complexity index is 1460. The highest BCUT2D eigenvalue weighted by Crippen LogP contribution is 2.35. The fourth-order valence-corrected chi connectivity index (χ4v) is 5.57. The van der Waals surface area contributed by atoms with Crippen molar-refractivity contribution >= 4 is 32.3 Å². The average molecular weight is 452 g/mol. The van der Waals surface area contributed by atoms with Gasteiger partial charge >= 0.3 is 0 Å². The zero-order chi connectivity index (χ0) is 23.2. The molecule has 0 bridgehead atoms. The maximum absolute atomic E-state index is 4.73. The quantitative estimate of drug-likeness (QED) is 0.277. The lowest BCUT2D eigenvalue weighted by atomic mass is 9.82. The molecule has 0 amide bonds. The maximum atomic E-state index is 4.73.